The number of aliphatic carboxylic acids is 1. The molecule has 16 heavy (non-hydrogen) atoms. The molecule has 0 unspecified atom stereocenters. The van der Waals surface area contributed by atoms with Crippen LogP contribution in [0.15, 0.2) is 18.2 Å². The van der Waals surface area contributed by atoms with Gasteiger partial charge in [-0.25, -0.2) is 4.39 Å². The molecule has 0 bridgehead atoms. The molecule has 1 saturated carbocycles. The van der Waals surface area contributed by atoms with Gasteiger partial charge in [-0.3, -0.25) is 4.79 Å². The van der Waals surface area contributed by atoms with Crippen LogP contribution in [0.4, 0.5) is 4.39 Å². The van der Waals surface area contributed by atoms with Crippen molar-refractivity contribution in [3.8, 4) is 5.75 Å². The van der Waals surface area contributed by atoms with E-state index in [4.69, 9.17) is 9.84 Å². The molecular weight excluding hydrogens is 211 g/mol. The first-order valence-corrected chi connectivity index (χ1v) is 5.14. The van der Waals surface area contributed by atoms with Gasteiger partial charge in [0.2, 0.25) is 0 Å². The molecule has 3 nitrogen and oxygen atoms in total. The van der Waals surface area contributed by atoms with Gasteiger partial charge in [-0.05, 0) is 18.9 Å². The number of para-hydroxylation sites is 1. The number of hydrogen-bond donors (Lipinski definition) is 1. The Balaban J connectivity index is 2.40. The van der Waals surface area contributed by atoms with Gasteiger partial charge in [0.05, 0.1) is 13.5 Å². The minimum atomic E-state index is -0.858. The molecule has 0 saturated heterocycles. The molecule has 4 heteroatoms. The number of halogens is 1. The highest BCUT2D eigenvalue weighted by Crippen LogP contribution is 2.54. The highest BCUT2D eigenvalue weighted by Gasteiger charge is 2.48. The van der Waals surface area contributed by atoms with Gasteiger partial charge in [0, 0.05) is 11.0 Å². The summed E-state index contributed by atoms with van der Waals surface area (Å²) < 4.78 is 18.5. The van der Waals surface area contributed by atoms with E-state index in [1.165, 1.54) is 13.2 Å². The molecular formula is C12H13FO3. The topological polar surface area (TPSA) is 46.5 Å². The summed E-state index contributed by atoms with van der Waals surface area (Å²) >= 11 is 0. The number of benzene rings is 1. The van der Waals surface area contributed by atoms with E-state index in [9.17, 15) is 9.18 Å². The van der Waals surface area contributed by atoms with Crippen LogP contribution >= 0.6 is 0 Å². The van der Waals surface area contributed by atoms with Crippen LogP contribution in [0.3, 0.4) is 0 Å². The third kappa shape index (κ3) is 1.75. The van der Waals surface area contributed by atoms with Crippen molar-refractivity contribution in [3.05, 3.63) is 29.6 Å². The predicted molar refractivity (Wildman–Crippen MR) is 56.1 cm³/mol. The highest BCUT2D eigenvalue weighted by atomic mass is 19.1. The first kappa shape index (κ1) is 10.9. The lowest BCUT2D eigenvalue weighted by molar-refractivity contribution is -0.137. The molecule has 0 aromatic heterocycles. The SMILES string of the molecule is COc1c(F)cccc1C1(CC(=O)O)CC1. The summed E-state index contributed by atoms with van der Waals surface area (Å²) in [5.41, 5.74) is 0.261. The van der Waals surface area contributed by atoms with Crippen molar-refractivity contribution in [2.45, 2.75) is 24.7 Å². The van der Waals surface area contributed by atoms with Crippen molar-refractivity contribution in [2.24, 2.45) is 0 Å². The first-order valence-electron chi connectivity index (χ1n) is 5.14. The third-order valence-electron chi connectivity index (χ3n) is 3.09. The Bertz CT molecular complexity index is 424. The summed E-state index contributed by atoms with van der Waals surface area (Å²) in [7, 11) is 1.40. The molecule has 1 aromatic carbocycles. The third-order valence-corrected chi connectivity index (χ3v) is 3.09. The maximum Gasteiger partial charge on any atom is 0.304 e. The second-order valence-corrected chi connectivity index (χ2v) is 4.17. The van der Waals surface area contributed by atoms with Gasteiger partial charge < -0.3 is 9.84 Å². The first-order chi connectivity index (χ1) is 7.59. The minimum Gasteiger partial charge on any atom is -0.493 e. The minimum absolute atomic E-state index is 0.0345. The molecule has 0 amide bonds. The Morgan fingerprint density at radius 3 is 2.75 bits per heavy atom. The Hall–Kier alpha value is -1.58. The van der Waals surface area contributed by atoms with E-state index in [0.717, 1.165) is 12.8 Å². The van der Waals surface area contributed by atoms with E-state index < -0.39 is 17.2 Å². The van der Waals surface area contributed by atoms with Crippen LogP contribution in [-0.4, -0.2) is 18.2 Å². The van der Waals surface area contributed by atoms with Crippen molar-refractivity contribution in [2.75, 3.05) is 7.11 Å². The molecule has 1 aliphatic carbocycles. The number of hydrogen-bond acceptors (Lipinski definition) is 2. The number of rotatable bonds is 4. The Morgan fingerprint density at radius 2 is 2.25 bits per heavy atom. The number of methoxy groups -OCH3 is 1. The fourth-order valence-corrected chi connectivity index (χ4v) is 2.12. The fourth-order valence-electron chi connectivity index (χ4n) is 2.12. The Morgan fingerprint density at radius 1 is 1.56 bits per heavy atom. The summed E-state index contributed by atoms with van der Waals surface area (Å²) in [6.07, 6.45) is 1.59. The van der Waals surface area contributed by atoms with Gasteiger partial charge in [0.15, 0.2) is 11.6 Å². The van der Waals surface area contributed by atoms with E-state index in [0.29, 0.717) is 5.56 Å². The monoisotopic (exact) mass is 224 g/mol. The molecule has 0 radical (unpaired) electrons. The lowest BCUT2D eigenvalue weighted by Gasteiger charge is -2.17. The van der Waals surface area contributed by atoms with Crippen LogP contribution in [-0.2, 0) is 10.2 Å². The zero-order chi connectivity index (χ0) is 11.8. The van der Waals surface area contributed by atoms with Gasteiger partial charge >= 0.3 is 5.97 Å². The molecule has 1 fully saturated rings. The van der Waals surface area contributed by atoms with Crippen molar-refractivity contribution in [1.82, 2.24) is 0 Å². The van der Waals surface area contributed by atoms with Crippen molar-refractivity contribution < 1.29 is 19.0 Å². The number of carboxylic acid groups (broad SMARTS) is 1. The largest absolute Gasteiger partial charge is 0.493 e. The number of carbonyl (C=O) groups is 1. The van der Waals surface area contributed by atoms with Crippen molar-refractivity contribution in [1.29, 1.82) is 0 Å². The average molecular weight is 224 g/mol. The van der Waals surface area contributed by atoms with Gasteiger partial charge in [-0.1, -0.05) is 12.1 Å². The lowest BCUT2D eigenvalue weighted by Crippen LogP contribution is -2.14. The van der Waals surface area contributed by atoms with Gasteiger partial charge in [0.1, 0.15) is 0 Å². The van der Waals surface area contributed by atoms with Crippen molar-refractivity contribution >= 4 is 5.97 Å². The van der Waals surface area contributed by atoms with E-state index >= 15 is 0 Å². The summed E-state index contributed by atoms with van der Waals surface area (Å²) in [6.45, 7) is 0. The van der Waals surface area contributed by atoms with Crippen LogP contribution in [0.5, 0.6) is 5.75 Å². The van der Waals surface area contributed by atoms with Crippen LogP contribution in [0, 0.1) is 5.82 Å². The zero-order valence-electron chi connectivity index (χ0n) is 9.00. The molecule has 0 atom stereocenters. The summed E-state index contributed by atoms with van der Waals surface area (Å²) in [6, 6.07) is 4.66. The maximum atomic E-state index is 13.5. The molecule has 1 N–H and O–H groups in total. The van der Waals surface area contributed by atoms with Crippen LogP contribution in [0.1, 0.15) is 24.8 Å². The van der Waals surface area contributed by atoms with Gasteiger partial charge in [0.25, 0.3) is 0 Å². The smallest absolute Gasteiger partial charge is 0.304 e. The molecule has 0 heterocycles. The Labute approximate surface area is 92.9 Å². The molecule has 1 aromatic rings. The normalized spacial score (nSPS) is 16.9. The van der Waals surface area contributed by atoms with Gasteiger partial charge in [-0.15, -0.1) is 0 Å². The van der Waals surface area contributed by atoms with E-state index in [-0.39, 0.29) is 12.2 Å². The molecule has 86 valence electrons. The maximum absolute atomic E-state index is 13.5. The summed E-state index contributed by atoms with van der Waals surface area (Å²) in [5.74, 6) is -1.11. The zero-order valence-corrected chi connectivity index (χ0v) is 9.00. The number of carboxylic acids is 1. The fraction of sp³-hybridized carbons (Fsp3) is 0.417. The molecule has 1 aliphatic rings. The second kappa shape index (κ2) is 3.77. The summed E-state index contributed by atoms with van der Waals surface area (Å²) in [5, 5.41) is 8.85. The van der Waals surface area contributed by atoms with E-state index in [1.807, 2.05) is 0 Å². The van der Waals surface area contributed by atoms with E-state index in [2.05, 4.69) is 0 Å². The second-order valence-electron chi connectivity index (χ2n) is 4.17. The van der Waals surface area contributed by atoms with Crippen LogP contribution in [0.2, 0.25) is 0 Å². The number of ether oxygens (including phenoxy) is 1. The Kier molecular flexibility index (Phi) is 2.58. The lowest BCUT2D eigenvalue weighted by atomic mass is 9.91. The summed E-state index contributed by atoms with van der Waals surface area (Å²) in [4.78, 5) is 10.8. The van der Waals surface area contributed by atoms with Crippen LogP contribution in [0.25, 0.3) is 0 Å². The quantitative estimate of drug-likeness (QED) is 0.853. The van der Waals surface area contributed by atoms with E-state index in [1.54, 1.807) is 12.1 Å². The molecule has 2 rings (SSSR count). The van der Waals surface area contributed by atoms with Gasteiger partial charge in [-0.2, -0.15) is 0 Å². The van der Waals surface area contributed by atoms with Crippen molar-refractivity contribution in [3.63, 3.8) is 0 Å². The predicted octanol–water partition coefficient (Wildman–Crippen LogP) is 2.34. The average Bonchev–Trinajstić information content (AvgIpc) is 2.97. The standard InChI is InChI=1S/C12H13FO3/c1-16-11-8(3-2-4-9(11)13)12(5-6-12)7-10(14)15/h2-4H,5-7H2,1H3,(H,14,15). The highest BCUT2D eigenvalue weighted by molar-refractivity contribution is 5.70. The molecule has 0 spiro atoms. The molecule has 0 aliphatic heterocycles. The van der Waals surface area contributed by atoms with Crippen LogP contribution < -0.4 is 4.74 Å².